The highest BCUT2D eigenvalue weighted by Gasteiger charge is 2.36. The minimum atomic E-state index is 0.372. The number of nitrogens with zero attached hydrogens (tertiary/aromatic N) is 2. The first-order valence-corrected chi connectivity index (χ1v) is 8.92. The van der Waals surface area contributed by atoms with Crippen LogP contribution in [0.5, 0.6) is 0 Å². The highest BCUT2D eigenvalue weighted by molar-refractivity contribution is 8.19. The summed E-state index contributed by atoms with van der Waals surface area (Å²) in [6.45, 7) is 5.72. The fourth-order valence-corrected chi connectivity index (χ4v) is 6.26. The Morgan fingerprint density at radius 2 is 2.33 bits per heavy atom. The molecule has 1 fully saturated rings. The second kappa shape index (κ2) is 6.90. The number of unbranched alkanes of at least 4 members (excludes halogenated alkanes) is 1. The zero-order valence-electron chi connectivity index (χ0n) is 11.5. The summed E-state index contributed by atoms with van der Waals surface area (Å²) in [5.74, 6) is 1.32. The van der Waals surface area contributed by atoms with Gasteiger partial charge in [-0.15, -0.1) is 23.5 Å². The molecule has 0 N–H and O–H groups in total. The number of hydrogen-bond donors (Lipinski definition) is 0. The molecule has 0 radical (unpaired) electrons. The lowest BCUT2D eigenvalue weighted by Crippen LogP contribution is -2.33. The van der Waals surface area contributed by atoms with E-state index in [0.717, 1.165) is 11.8 Å². The van der Waals surface area contributed by atoms with E-state index >= 15 is 0 Å². The fourth-order valence-electron chi connectivity index (χ4n) is 2.45. The Hall–Kier alpha value is -0.0900. The summed E-state index contributed by atoms with van der Waals surface area (Å²) in [6.07, 6.45) is 12.7. The first-order valence-electron chi connectivity index (χ1n) is 7.05. The Morgan fingerprint density at radius 3 is 3.00 bits per heavy atom. The third-order valence-corrected chi connectivity index (χ3v) is 7.27. The zero-order chi connectivity index (χ0) is 12.8. The van der Waals surface area contributed by atoms with E-state index in [0.29, 0.717) is 4.08 Å². The maximum atomic E-state index is 4.17. The van der Waals surface area contributed by atoms with Crippen LogP contribution in [0.15, 0.2) is 18.7 Å². The summed E-state index contributed by atoms with van der Waals surface area (Å²) in [6, 6.07) is 0. The molecular weight excluding hydrogens is 260 g/mol. The molecule has 1 aliphatic heterocycles. The molecule has 0 bridgehead atoms. The van der Waals surface area contributed by atoms with Crippen LogP contribution >= 0.6 is 23.5 Å². The van der Waals surface area contributed by atoms with Gasteiger partial charge in [0, 0.05) is 24.2 Å². The molecular formula is C14H24N2S2. The van der Waals surface area contributed by atoms with Crippen molar-refractivity contribution in [2.75, 3.05) is 5.75 Å². The second-order valence-electron chi connectivity index (χ2n) is 5.02. The molecule has 2 atom stereocenters. The van der Waals surface area contributed by atoms with Crippen LogP contribution in [0.1, 0.15) is 46.0 Å². The largest absolute Gasteiger partial charge is 0.335 e. The molecule has 0 amide bonds. The van der Waals surface area contributed by atoms with Gasteiger partial charge in [-0.2, -0.15) is 0 Å². The van der Waals surface area contributed by atoms with Gasteiger partial charge in [-0.1, -0.05) is 26.7 Å². The topological polar surface area (TPSA) is 17.8 Å². The number of thioether (sulfide) groups is 2. The van der Waals surface area contributed by atoms with E-state index in [2.05, 4.69) is 53.1 Å². The quantitative estimate of drug-likeness (QED) is 0.770. The van der Waals surface area contributed by atoms with Crippen molar-refractivity contribution in [2.45, 2.75) is 61.8 Å². The number of hydrogen-bond acceptors (Lipinski definition) is 3. The van der Waals surface area contributed by atoms with Crippen LogP contribution in [0, 0.1) is 0 Å². The molecule has 2 nitrogen and oxygen atoms in total. The van der Waals surface area contributed by atoms with Crippen LogP contribution < -0.4 is 0 Å². The molecule has 4 heteroatoms. The minimum absolute atomic E-state index is 0.372. The lowest BCUT2D eigenvalue weighted by molar-refractivity contribution is 0.590. The molecule has 0 aliphatic carbocycles. The molecule has 0 saturated carbocycles. The van der Waals surface area contributed by atoms with Crippen molar-refractivity contribution in [1.29, 1.82) is 0 Å². The van der Waals surface area contributed by atoms with E-state index in [9.17, 15) is 0 Å². The van der Waals surface area contributed by atoms with Gasteiger partial charge in [0.1, 0.15) is 0 Å². The average Bonchev–Trinajstić information content (AvgIpc) is 2.89. The van der Waals surface area contributed by atoms with Gasteiger partial charge < -0.3 is 4.57 Å². The van der Waals surface area contributed by atoms with Gasteiger partial charge in [-0.25, -0.2) is 4.98 Å². The number of rotatable bonds is 6. The molecule has 0 aromatic carbocycles. The van der Waals surface area contributed by atoms with Crippen molar-refractivity contribution in [3.8, 4) is 0 Å². The monoisotopic (exact) mass is 284 g/mol. The maximum absolute atomic E-state index is 4.17. The predicted octanol–water partition coefficient (Wildman–Crippen LogP) is 4.42. The van der Waals surface area contributed by atoms with Crippen molar-refractivity contribution in [3.63, 3.8) is 0 Å². The third kappa shape index (κ3) is 3.70. The van der Waals surface area contributed by atoms with E-state index < -0.39 is 0 Å². The third-order valence-electron chi connectivity index (χ3n) is 3.59. The van der Waals surface area contributed by atoms with Gasteiger partial charge in [0.05, 0.1) is 10.4 Å². The molecule has 1 aromatic rings. The van der Waals surface area contributed by atoms with E-state index in [4.69, 9.17) is 0 Å². The van der Waals surface area contributed by atoms with Gasteiger partial charge in [0.25, 0.3) is 0 Å². The molecule has 1 aliphatic rings. The lowest BCUT2D eigenvalue weighted by Gasteiger charge is -2.39. The summed E-state index contributed by atoms with van der Waals surface area (Å²) < 4.78 is 2.61. The van der Waals surface area contributed by atoms with Crippen LogP contribution in [0.2, 0.25) is 0 Å². The predicted molar refractivity (Wildman–Crippen MR) is 83.2 cm³/mol. The standard InChI is InChI=1S/C14H24N2S2/c1-3-5-6-13-7-10-17-14(4-2,18-13)11-16-9-8-15-12-16/h8-9,12-13H,3-7,10-11H2,1-2H3. The Bertz CT molecular complexity index is 340. The summed E-state index contributed by atoms with van der Waals surface area (Å²) >= 11 is 4.39. The molecule has 0 spiro atoms. The van der Waals surface area contributed by atoms with Gasteiger partial charge in [0.2, 0.25) is 0 Å². The molecule has 2 heterocycles. The van der Waals surface area contributed by atoms with Crippen LogP contribution in [0.25, 0.3) is 0 Å². The van der Waals surface area contributed by atoms with E-state index in [1.807, 2.05) is 12.5 Å². The van der Waals surface area contributed by atoms with Crippen molar-refractivity contribution in [2.24, 2.45) is 0 Å². The maximum Gasteiger partial charge on any atom is 0.0946 e. The molecule has 1 aromatic heterocycles. The van der Waals surface area contributed by atoms with E-state index in [1.165, 1.54) is 37.9 Å². The Balaban J connectivity index is 1.97. The zero-order valence-corrected chi connectivity index (χ0v) is 13.1. The van der Waals surface area contributed by atoms with Crippen molar-refractivity contribution in [3.05, 3.63) is 18.7 Å². The van der Waals surface area contributed by atoms with Crippen LogP contribution in [-0.4, -0.2) is 24.6 Å². The Morgan fingerprint density at radius 1 is 1.44 bits per heavy atom. The van der Waals surface area contributed by atoms with Crippen molar-refractivity contribution in [1.82, 2.24) is 9.55 Å². The van der Waals surface area contributed by atoms with Gasteiger partial charge in [-0.05, 0) is 25.0 Å². The number of aromatic nitrogens is 2. The second-order valence-corrected chi connectivity index (χ2v) is 8.44. The summed E-state index contributed by atoms with van der Waals surface area (Å²) in [4.78, 5) is 4.17. The average molecular weight is 284 g/mol. The van der Waals surface area contributed by atoms with Crippen LogP contribution in [0.4, 0.5) is 0 Å². The fraction of sp³-hybridized carbons (Fsp3) is 0.786. The highest BCUT2D eigenvalue weighted by Crippen LogP contribution is 2.50. The first-order chi connectivity index (χ1) is 8.78. The first kappa shape index (κ1) is 14.3. The van der Waals surface area contributed by atoms with Crippen molar-refractivity contribution < 1.29 is 0 Å². The van der Waals surface area contributed by atoms with Gasteiger partial charge in [-0.3, -0.25) is 0 Å². The molecule has 2 unspecified atom stereocenters. The molecule has 18 heavy (non-hydrogen) atoms. The minimum Gasteiger partial charge on any atom is -0.335 e. The summed E-state index contributed by atoms with van der Waals surface area (Å²) in [7, 11) is 0. The Kier molecular flexibility index (Phi) is 5.49. The van der Waals surface area contributed by atoms with Crippen molar-refractivity contribution >= 4 is 23.5 Å². The summed E-state index contributed by atoms with van der Waals surface area (Å²) in [5, 5.41) is 0.870. The van der Waals surface area contributed by atoms with E-state index in [1.54, 1.807) is 0 Å². The number of imidazole rings is 1. The lowest BCUT2D eigenvalue weighted by atomic mass is 10.1. The molecule has 102 valence electrons. The smallest absolute Gasteiger partial charge is 0.0946 e. The van der Waals surface area contributed by atoms with Gasteiger partial charge in [0.15, 0.2) is 0 Å². The SMILES string of the molecule is CCCCC1CCSC(CC)(Cn2ccnc2)S1. The highest BCUT2D eigenvalue weighted by atomic mass is 32.2. The van der Waals surface area contributed by atoms with Crippen LogP contribution in [-0.2, 0) is 6.54 Å². The van der Waals surface area contributed by atoms with Crippen LogP contribution in [0.3, 0.4) is 0 Å². The van der Waals surface area contributed by atoms with E-state index in [-0.39, 0.29) is 0 Å². The van der Waals surface area contributed by atoms with Gasteiger partial charge >= 0.3 is 0 Å². The normalized spacial score (nSPS) is 28.4. The summed E-state index contributed by atoms with van der Waals surface area (Å²) in [5.41, 5.74) is 0. The molecule has 1 saturated heterocycles. The Labute approximate surface area is 119 Å². The molecule has 2 rings (SSSR count).